The fourth-order valence-corrected chi connectivity index (χ4v) is 1.77. The van der Waals surface area contributed by atoms with Gasteiger partial charge in [0.05, 0.1) is 19.5 Å². The molecule has 0 saturated heterocycles. The molecule has 0 aliphatic rings. The fourth-order valence-electron chi connectivity index (χ4n) is 1.77. The maximum absolute atomic E-state index is 12.9. The van der Waals surface area contributed by atoms with E-state index < -0.39 is 5.97 Å². The fraction of sp³-hybridized carbons (Fsp3) is 0.214. The molecule has 2 rings (SSSR count). The first-order chi connectivity index (χ1) is 9.65. The Morgan fingerprint density at radius 3 is 2.45 bits per heavy atom. The summed E-state index contributed by atoms with van der Waals surface area (Å²) in [5, 5.41) is 0. The van der Waals surface area contributed by atoms with Crippen LogP contribution in [-0.2, 0) is 4.74 Å². The zero-order valence-corrected chi connectivity index (χ0v) is 11.2. The van der Waals surface area contributed by atoms with Gasteiger partial charge in [-0.1, -0.05) is 0 Å². The van der Waals surface area contributed by atoms with Gasteiger partial charge in [0.1, 0.15) is 5.82 Å². The Balaban J connectivity index is 2.28. The Labute approximate surface area is 116 Å². The maximum atomic E-state index is 12.9. The predicted molar refractivity (Wildman–Crippen MR) is 72.5 cm³/mol. The number of hydrogen-bond donors (Lipinski definition) is 0. The van der Waals surface area contributed by atoms with E-state index in [2.05, 4.69) is 14.7 Å². The first kappa shape index (κ1) is 13.9. The van der Waals surface area contributed by atoms with E-state index in [9.17, 15) is 9.18 Å². The number of rotatable bonds is 4. The number of benzene rings is 1. The molecule has 0 aliphatic heterocycles. The number of carbonyl (C=O) groups is 1. The minimum atomic E-state index is -0.533. The van der Waals surface area contributed by atoms with Crippen molar-refractivity contribution in [1.29, 1.82) is 0 Å². The summed E-state index contributed by atoms with van der Waals surface area (Å²) in [5.41, 5.74) is 0.945. The lowest BCUT2D eigenvalue weighted by Gasteiger charge is -2.21. The molecule has 1 aromatic heterocycles. The normalized spacial score (nSPS) is 10.2. The molecule has 0 N–H and O–H groups in total. The highest BCUT2D eigenvalue weighted by molar-refractivity contribution is 5.86. The summed E-state index contributed by atoms with van der Waals surface area (Å²) in [5.74, 6) is -0.252. The molecule has 0 atom stereocenters. The summed E-state index contributed by atoms with van der Waals surface area (Å²) in [6.45, 7) is 2.58. The predicted octanol–water partition coefficient (Wildman–Crippen LogP) is 2.56. The van der Waals surface area contributed by atoms with E-state index in [-0.39, 0.29) is 11.5 Å². The lowest BCUT2D eigenvalue weighted by Crippen LogP contribution is -2.18. The van der Waals surface area contributed by atoms with Crippen LogP contribution in [0.5, 0.6) is 0 Å². The van der Waals surface area contributed by atoms with Gasteiger partial charge in [-0.25, -0.2) is 19.2 Å². The van der Waals surface area contributed by atoms with Gasteiger partial charge in [-0.15, -0.1) is 0 Å². The van der Waals surface area contributed by atoms with Crippen molar-refractivity contribution < 1.29 is 13.9 Å². The molecule has 1 aromatic carbocycles. The Morgan fingerprint density at radius 1 is 1.25 bits per heavy atom. The average molecular weight is 275 g/mol. The van der Waals surface area contributed by atoms with Crippen LogP contribution in [0.25, 0.3) is 0 Å². The Bertz CT molecular complexity index is 584. The van der Waals surface area contributed by atoms with Crippen molar-refractivity contribution in [2.45, 2.75) is 6.92 Å². The van der Waals surface area contributed by atoms with Gasteiger partial charge < -0.3 is 9.64 Å². The Kier molecular flexibility index (Phi) is 4.24. The zero-order valence-electron chi connectivity index (χ0n) is 11.2. The molecule has 0 radical (unpaired) electrons. The second-order valence-electron chi connectivity index (χ2n) is 3.97. The van der Waals surface area contributed by atoms with Gasteiger partial charge in [-0.2, -0.15) is 0 Å². The van der Waals surface area contributed by atoms with E-state index >= 15 is 0 Å². The van der Waals surface area contributed by atoms with Crippen LogP contribution in [0.2, 0.25) is 0 Å². The number of nitrogens with zero attached hydrogens (tertiary/aromatic N) is 3. The summed E-state index contributed by atoms with van der Waals surface area (Å²) < 4.78 is 17.5. The molecule has 0 aliphatic carbocycles. The molecule has 104 valence electrons. The van der Waals surface area contributed by atoms with E-state index in [0.717, 1.165) is 5.69 Å². The number of ether oxygens (including phenoxy) is 1. The number of anilines is 2. The summed E-state index contributed by atoms with van der Waals surface area (Å²) in [4.78, 5) is 21.3. The molecule has 2 aromatic rings. The monoisotopic (exact) mass is 275 g/mol. The van der Waals surface area contributed by atoms with E-state index in [1.54, 1.807) is 12.1 Å². The zero-order chi connectivity index (χ0) is 14.5. The average Bonchev–Trinajstić information content (AvgIpc) is 2.50. The molecular weight excluding hydrogens is 261 g/mol. The molecule has 0 saturated carbocycles. The van der Waals surface area contributed by atoms with Crippen LogP contribution in [0, 0.1) is 5.82 Å². The highest BCUT2D eigenvalue weighted by Crippen LogP contribution is 2.22. The smallest absolute Gasteiger partial charge is 0.358 e. The Morgan fingerprint density at radius 2 is 1.95 bits per heavy atom. The first-order valence-corrected chi connectivity index (χ1v) is 6.09. The number of esters is 1. The van der Waals surface area contributed by atoms with E-state index in [0.29, 0.717) is 12.4 Å². The molecule has 20 heavy (non-hydrogen) atoms. The van der Waals surface area contributed by atoms with Crippen LogP contribution in [0.1, 0.15) is 17.4 Å². The Hall–Kier alpha value is -2.50. The summed E-state index contributed by atoms with van der Waals surface area (Å²) >= 11 is 0. The van der Waals surface area contributed by atoms with Gasteiger partial charge >= 0.3 is 5.97 Å². The van der Waals surface area contributed by atoms with Crippen molar-refractivity contribution in [2.75, 3.05) is 18.6 Å². The minimum absolute atomic E-state index is 0.145. The van der Waals surface area contributed by atoms with Crippen molar-refractivity contribution >= 4 is 17.5 Å². The largest absolute Gasteiger partial charge is 0.464 e. The van der Waals surface area contributed by atoms with Crippen molar-refractivity contribution in [2.24, 2.45) is 0 Å². The summed E-state index contributed by atoms with van der Waals surface area (Å²) in [6, 6.07) is 6.09. The van der Waals surface area contributed by atoms with Gasteiger partial charge in [-0.3, -0.25) is 0 Å². The quantitative estimate of drug-likeness (QED) is 0.803. The lowest BCUT2D eigenvalue weighted by molar-refractivity contribution is 0.0593. The van der Waals surface area contributed by atoms with Crippen molar-refractivity contribution in [3.05, 3.63) is 48.2 Å². The van der Waals surface area contributed by atoms with Crippen molar-refractivity contribution in [1.82, 2.24) is 9.97 Å². The molecule has 0 spiro atoms. The number of halogens is 1. The molecule has 6 heteroatoms. The van der Waals surface area contributed by atoms with Crippen LogP contribution in [0.4, 0.5) is 15.9 Å². The first-order valence-electron chi connectivity index (χ1n) is 6.09. The highest BCUT2D eigenvalue weighted by Gasteiger charge is 2.12. The highest BCUT2D eigenvalue weighted by atomic mass is 19.1. The summed E-state index contributed by atoms with van der Waals surface area (Å²) in [6.07, 6.45) is 2.84. The number of methoxy groups -OCH3 is 1. The molecule has 5 nitrogen and oxygen atoms in total. The van der Waals surface area contributed by atoms with Gasteiger partial charge in [0.2, 0.25) is 0 Å². The summed E-state index contributed by atoms with van der Waals surface area (Å²) in [7, 11) is 1.29. The van der Waals surface area contributed by atoms with Crippen LogP contribution >= 0.6 is 0 Å². The van der Waals surface area contributed by atoms with Crippen LogP contribution < -0.4 is 4.90 Å². The molecule has 0 fully saturated rings. The number of hydrogen-bond acceptors (Lipinski definition) is 5. The van der Waals surface area contributed by atoms with Gasteiger partial charge in [0.25, 0.3) is 0 Å². The second kappa shape index (κ2) is 6.10. The van der Waals surface area contributed by atoms with Crippen LogP contribution in [0.3, 0.4) is 0 Å². The topological polar surface area (TPSA) is 55.3 Å². The standard InChI is InChI=1S/C14H14FN3O2/c1-3-18(11-6-4-10(15)5-7-11)13-9-16-12(8-17-13)14(19)20-2/h4-9H,3H2,1-2H3. The second-order valence-corrected chi connectivity index (χ2v) is 3.97. The maximum Gasteiger partial charge on any atom is 0.358 e. The minimum Gasteiger partial charge on any atom is -0.464 e. The molecule has 1 heterocycles. The number of carbonyl (C=O) groups excluding carboxylic acids is 1. The SMILES string of the molecule is CCN(c1ccc(F)cc1)c1cnc(C(=O)OC)cn1. The molecule has 0 amide bonds. The van der Waals surface area contributed by atoms with Gasteiger partial charge in [-0.05, 0) is 31.2 Å². The molecule has 0 unspecified atom stereocenters. The van der Waals surface area contributed by atoms with Crippen LogP contribution in [0.15, 0.2) is 36.7 Å². The van der Waals surface area contributed by atoms with E-state index in [1.807, 2.05) is 11.8 Å². The third-order valence-corrected chi connectivity index (χ3v) is 2.76. The van der Waals surface area contributed by atoms with Crippen LogP contribution in [-0.4, -0.2) is 29.6 Å². The van der Waals surface area contributed by atoms with E-state index in [1.165, 1.54) is 31.6 Å². The number of aromatic nitrogens is 2. The third-order valence-electron chi connectivity index (χ3n) is 2.76. The van der Waals surface area contributed by atoms with Gasteiger partial charge in [0.15, 0.2) is 11.5 Å². The van der Waals surface area contributed by atoms with Crippen molar-refractivity contribution in [3.8, 4) is 0 Å². The molecule has 0 bridgehead atoms. The van der Waals surface area contributed by atoms with Gasteiger partial charge in [0, 0.05) is 12.2 Å². The lowest BCUT2D eigenvalue weighted by atomic mass is 10.3. The molecular formula is C14H14FN3O2. The third kappa shape index (κ3) is 2.90. The van der Waals surface area contributed by atoms with Crippen molar-refractivity contribution in [3.63, 3.8) is 0 Å². The van der Waals surface area contributed by atoms with E-state index in [4.69, 9.17) is 0 Å².